The molecule has 0 bridgehead atoms. The molecule has 1 fully saturated rings. The topological polar surface area (TPSA) is 54.0 Å². The summed E-state index contributed by atoms with van der Waals surface area (Å²) < 4.78 is 13.7. The molecule has 1 aromatic carbocycles. The van der Waals surface area contributed by atoms with Crippen molar-refractivity contribution in [1.82, 2.24) is 9.49 Å². The number of likely N-dealkylation sites (tertiary alicyclic amines) is 1. The second-order valence-corrected chi connectivity index (χ2v) is 5.68. The molecule has 1 aromatic rings. The Morgan fingerprint density at radius 3 is 2.71 bits per heavy atom. The predicted octanol–water partition coefficient (Wildman–Crippen LogP) is 2.76. The van der Waals surface area contributed by atoms with Crippen molar-refractivity contribution in [2.24, 2.45) is 16.1 Å². The van der Waals surface area contributed by atoms with Gasteiger partial charge in [-0.3, -0.25) is 4.90 Å². The Balaban J connectivity index is 1.79. The maximum absolute atomic E-state index is 13.5. The Labute approximate surface area is 124 Å². The van der Waals surface area contributed by atoms with Crippen LogP contribution < -0.4 is 10.3 Å². The highest BCUT2D eigenvalue weighted by atomic mass is 19.1. The molecule has 0 aromatic heterocycles. The average molecular weight is 290 g/mol. The van der Waals surface area contributed by atoms with Crippen LogP contribution in [0.2, 0.25) is 0 Å². The smallest absolute Gasteiger partial charge is 0.208 e. The van der Waals surface area contributed by atoms with Crippen LogP contribution in [0.25, 0.3) is 0 Å². The largest absolute Gasteiger partial charge is 0.378 e. The Kier molecular flexibility index (Phi) is 3.98. The van der Waals surface area contributed by atoms with Crippen molar-refractivity contribution in [2.75, 3.05) is 26.2 Å². The number of benzene rings is 1. The van der Waals surface area contributed by atoms with Gasteiger partial charge in [0, 0.05) is 17.4 Å². The number of piperidine rings is 1. The summed E-state index contributed by atoms with van der Waals surface area (Å²) in [4.78, 5) is 2.43. The van der Waals surface area contributed by atoms with Crippen molar-refractivity contribution in [3.05, 3.63) is 42.1 Å². The van der Waals surface area contributed by atoms with Gasteiger partial charge in [-0.2, -0.15) is 0 Å². The minimum atomic E-state index is -0.267. The van der Waals surface area contributed by atoms with E-state index in [0.717, 1.165) is 25.3 Å². The van der Waals surface area contributed by atoms with Crippen LogP contribution in [0.4, 0.5) is 10.1 Å². The van der Waals surface area contributed by atoms with Gasteiger partial charge in [-0.15, -0.1) is 4.59 Å². The zero-order valence-corrected chi connectivity index (χ0v) is 12.1. The maximum atomic E-state index is 13.5. The van der Waals surface area contributed by atoms with Crippen molar-refractivity contribution in [3.63, 3.8) is 0 Å². The number of rotatable bonds is 4. The van der Waals surface area contributed by atoms with Crippen LogP contribution in [-0.2, 0) is 0 Å². The van der Waals surface area contributed by atoms with Gasteiger partial charge in [0.05, 0.1) is 6.54 Å². The van der Waals surface area contributed by atoms with E-state index in [0.29, 0.717) is 12.4 Å². The summed E-state index contributed by atoms with van der Waals surface area (Å²) in [5, 5.41) is 8.25. The van der Waals surface area contributed by atoms with Gasteiger partial charge in [-0.1, -0.05) is 17.6 Å². The molecular formula is C15H21FN5+. The van der Waals surface area contributed by atoms with Crippen molar-refractivity contribution < 1.29 is 4.39 Å². The van der Waals surface area contributed by atoms with E-state index in [-0.39, 0.29) is 10.4 Å². The second kappa shape index (κ2) is 5.91. The number of hydrogen-bond donors (Lipinski definition) is 1. The molecule has 2 heterocycles. The SMILES string of the molecule is NC1=C[N+](CCN2CCCCC2)(c2cccc(F)c2)N=N1. The molecule has 0 spiro atoms. The number of nitrogens with zero attached hydrogens (tertiary/aromatic N) is 4. The van der Waals surface area contributed by atoms with Crippen LogP contribution in [0.1, 0.15) is 19.3 Å². The number of halogens is 1. The van der Waals surface area contributed by atoms with Gasteiger partial charge in [0.15, 0.2) is 11.9 Å². The Morgan fingerprint density at radius 1 is 1.24 bits per heavy atom. The first-order chi connectivity index (χ1) is 10.2. The number of nitrogens with two attached hydrogens (primary N) is 1. The van der Waals surface area contributed by atoms with Crippen LogP contribution in [0.5, 0.6) is 0 Å². The molecule has 21 heavy (non-hydrogen) atoms. The Hall–Kier alpha value is -1.79. The van der Waals surface area contributed by atoms with E-state index in [4.69, 9.17) is 5.73 Å². The van der Waals surface area contributed by atoms with Crippen molar-refractivity contribution >= 4 is 5.69 Å². The molecule has 0 amide bonds. The lowest BCUT2D eigenvalue weighted by Gasteiger charge is -2.30. The summed E-state index contributed by atoms with van der Waals surface area (Å²) in [6.07, 6.45) is 5.60. The molecule has 2 aliphatic rings. The molecule has 3 rings (SSSR count). The van der Waals surface area contributed by atoms with E-state index in [9.17, 15) is 4.39 Å². The first kappa shape index (κ1) is 14.2. The van der Waals surface area contributed by atoms with Crippen LogP contribution >= 0.6 is 0 Å². The van der Waals surface area contributed by atoms with Crippen LogP contribution in [0.15, 0.2) is 46.6 Å². The van der Waals surface area contributed by atoms with E-state index in [1.807, 2.05) is 6.07 Å². The molecule has 0 radical (unpaired) electrons. The monoisotopic (exact) mass is 290 g/mol. The summed E-state index contributed by atoms with van der Waals surface area (Å²) in [6, 6.07) is 6.51. The zero-order valence-electron chi connectivity index (χ0n) is 12.1. The van der Waals surface area contributed by atoms with Crippen LogP contribution in [0.3, 0.4) is 0 Å². The van der Waals surface area contributed by atoms with E-state index < -0.39 is 0 Å². The lowest BCUT2D eigenvalue weighted by molar-refractivity contribution is 0.205. The summed E-state index contributed by atoms with van der Waals surface area (Å²) in [7, 11) is 0. The minimum Gasteiger partial charge on any atom is -0.378 e. The molecule has 1 atom stereocenters. The lowest BCUT2D eigenvalue weighted by Crippen LogP contribution is -2.44. The molecule has 112 valence electrons. The number of hydrogen-bond acceptors (Lipinski definition) is 4. The summed E-state index contributed by atoms with van der Waals surface area (Å²) in [6.45, 7) is 3.87. The van der Waals surface area contributed by atoms with Gasteiger partial charge in [0.25, 0.3) is 0 Å². The van der Waals surface area contributed by atoms with Crippen molar-refractivity contribution in [1.29, 1.82) is 0 Å². The first-order valence-corrected chi connectivity index (χ1v) is 7.46. The normalized spacial score (nSPS) is 26.0. The molecule has 0 saturated carbocycles. The highest BCUT2D eigenvalue weighted by Crippen LogP contribution is 2.30. The summed E-state index contributed by atoms with van der Waals surface area (Å²) in [5.74, 6) is 0.120. The average Bonchev–Trinajstić information content (AvgIpc) is 2.89. The van der Waals surface area contributed by atoms with Gasteiger partial charge in [-0.05, 0) is 32.0 Å². The van der Waals surface area contributed by atoms with Crippen LogP contribution in [-0.4, -0.2) is 31.1 Å². The maximum Gasteiger partial charge on any atom is 0.208 e. The third-order valence-electron chi connectivity index (χ3n) is 4.13. The third kappa shape index (κ3) is 3.11. The predicted molar refractivity (Wildman–Crippen MR) is 80.5 cm³/mol. The second-order valence-electron chi connectivity index (χ2n) is 5.68. The van der Waals surface area contributed by atoms with Gasteiger partial charge < -0.3 is 5.73 Å². The highest BCUT2D eigenvalue weighted by Gasteiger charge is 2.35. The summed E-state index contributed by atoms with van der Waals surface area (Å²) in [5.41, 5.74) is 6.53. The first-order valence-electron chi connectivity index (χ1n) is 7.46. The van der Waals surface area contributed by atoms with E-state index >= 15 is 0 Å². The van der Waals surface area contributed by atoms with Gasteiger partial charge in [0.1, 0.15) is 12.4 Å². The van der Waals surface area contributed by atoms with Gasteiger partial charge >= 0.3 is 0 Å². The molecule has 6 heteroatoms. The van der Waals surface area contributed by atoms with Gasteiger partial charge in [-0.25, -0.2) is 4.39 Å². The third-order valence-corrected chi connectivity index (χ3v) is 4.13. The Bertz CT molecular complexity index is 565. The van der Waals surface area contributed by atoms with E-state index in [1.165, 1.54) is 31.4 Å². The molecule has 1 saturated heterocycles. The fourth-order valence-electron chi connectivity index (χ4n) is 2.96. The molecule has 0 aliphatic carbocycles. The van der Waals surface area contributed by atoms with E-state index in [2.05, 4.69) is 15.2 Å². The minimum absolute atomic E-state index is 0.153. The lowest BCUT2D eigenvalue weighted by atomic mass is 10.1. The van der Waals surface area contributed by atoms with Crippen LogP contribution in [0, 0.1) is 5.82 Å². The van der Waals surface area contributed by atoms with E-state index in [1.54, 1.807) is 12.3 Å². The molecule has 5 nitrogen and oxygen atoms in total. The zero-order chi connectivity index (χ0) is 14.7. The van der Waals surface area contributed by atoms with Crippen molar-refractivity contribution in [2.45, 2.75) is 19.3 Å². The van der Waals surface area contributed by atoms with Gasteiger partial charge in [0.2, 0.25) is 5.82 Å². The highest BCUT2D eigenvalue weighted by molar-refractivity contribution is 5.45. The molecule has 2 N–H and O–H groups in total. The van der Waals surface area contributed by atoms with Crippen molar-refractivity contribution in [3.8, 4) is 0 Å². The molecule has 2 aliphatic heterocycles. The standard InChI is InChI=1S/C15H21FN5/c16-13-5-4-6-14(11-13)21(12-15(17)18-19-21)10-9-20-7-2-1-3-8-20/h4-6,11-12H,1-3,7-10,17H2/q+1. The fourth-order valence-corrected chi connectivity index (χ4v) is 2.96. The number of quaternary nitrogens is 1. The summed E-state index contributed by atoms with van der Waals surface area (Å²) >= 11 is 0. The molecule has 1 unspecified atom stereocenters. The Morgan fingerprint density at radius 2 is 2.05 bits per heavy atom. The quantitative estimate of drug-likeness (QED) is 0.867. The molecular weight excluding hydrogens is 269 g/mol. The fraction of sp³-hybridized carbons (Fsp3) is 0.467.